The first-order valence-electron chi connectivity index (χ1n) is 20.9. The van der Waals surface area contributed by atoms with E-state index in [1.165, 1.54) is 135 Å². The molecule has 0 spiro atoms. The maximum atomic E-state index is 12.7. The van der Waals surface area contributed by atoms with Crippen LogP contribution >= 0.6 is 0 Å². The van der Waals surface area contributed by atoms with Crippen molar-refractivity contribution in [2.24, 2.45) is 5.92 Å². The van der Waals surface area contributed by atoms with Crippen molar-refractivity contribution in [2.45, 2.75) is 231 Å². The van der Waals surface area contributed by atoms with Crippen LogP contribution in [0.25, 0.3) is 0 Å². The van der Waals surface area contributed by atoms with Crippen LogP contribution in [0.15, 0.2) is 0 Å². The van der Waals surface area contributed by atoms with E-state index < -0.39 is 36.6 Å². The molecule has 0 aromatic carbocycles. The lowest BCUT2D eigenvalue weighted by atomic mass is 9.96. The molecule has 1 saturated carbocycles. The Balaban J connectivity index is 2.23. The van der Waals surface area contributed by atoms with Crippen molar-refractivity contribution >= 4 is 5.97 Å². The van der Waals surface area contributed by atoms with Crippen molar-refractivity contribution in [1.29, 1.82) is 0 Å². The zero-order valence-corrected chi connectivity index (χ0v) is 32.2. The van der Waals surface area contributed by atoms with E-state index in [1.54, 1.807) is 0 Å². The van der Waals surface area contributed by atoms with Crippen molar-refractivity contribution in [3.63, 3.8) is 0 Å². The third-order valence-corrected chi connectivity index (χ3v) is 10.3. The zero-order valence-electron chi connectivity index (χ0n) is 32.2. The number of aliphatic hydroxyl groups is 4. The van der Waals surface area contributed by atoms with Gasteiger partial charge in [-0.05, 0) is 18.8 Å². The molecule has 292 valence electrons. The molecule has 1 rings (SSSR count). The molecule has 0 bridgehead atoms. The predicted octanol–water partition coefficient (Wildman–Crippen LogP) is 8.97. The SMILES string of the molecule is CCCCCCCCCCCCCCCC(=O)OC(COCCCCCCCCCC(C)CCCCCC)COC1C(O)C(O)C(O)C1O. The van der Waals surface area contributed by atoms with Gasteiger partial charge in [0.15, 0.2) is 0 Å². The average molecular weight is 701 g/mol. The summed E-state index contributed by atoms with van der Waals surface area (Å²) in [6, 6.07) is 0. The summed E-state index contributed by atoms with van der Waals surface area (Å²) in [4.78, 5) is 12.7. The quantitative estimate of drug-likeness (QED) is 0.0382. The molecule has 1 fully saturated rings. The molecule has 0 radical (unpaired) electrons. The number of aliphatic hydroxyl groups excluding tert-OH is 4. The molecule has 0 amide bonds. The smallest absolute Gasteiger partial charge is 0.306 e. The van der Waals surface area contributed by atoms with E-state index >= 15 is 0 Å². The van der Waals surface area contributed by atoms with Gasteiger partial charge in [-0.3, -0.25) is 4.79 Å². The van der Waals surface area contributed by atoms with Gasteiger partial charge in [0.2, 0.25) is 0 Å². The first kappa shape index (κ1) is 46.3. The highest BCUT2D eigenvalue weighted by Gasteiger charge is 2.49. The van der Waals surface area contributed by atoms with Gasteiger partial charge in [-0.1, -0.05) is 175 Å². The van der Waals surface area contributed by atoms with Gasteiger partial charge in [0.1, 0.15) is 36.6 Å². The summed E-state index contributed by atoms with van der Waals surface area (Å²) in [5.74, 6) is 0.548. The molecule has 6 atom stereocenters. The number of hydrogen-bond acceptors (Lipinski definition) is 8. The van der Waals surface area contributed by atoms with Crippen LogP contribution in [0.3, 0.4) is 0 Å². The second kappa shape index (κ2) is 31.9. The van der Waals surface area contributed by atoms with E-state index in [0.717, 1.165) is 38.0 Å². The summed E-state index contributed by atoms with van der Waals surface area (Å²) in [5, 5.41) is 40.1. The Kier molecular flexibility index (Phi) is 30.1. The lowest BCUT2D eigenvalue weighted by Crippen LogP contribution is -2.39. The predicted molar refractivity (Wildman–Crippen MR) is 200 cm³/mol. The fraction of sp³-hybridized carbons (Fsp3) is 0.976. The Bertz CT molecular complexity index is 722. The van der Waals surface area contributed by atoms with Crippen LogP contribution in [0, 0.1) is 5.92 Å². The zero-order chi connectivity index (χ0) is 36.0. The summed E-state index contributed by atoms with van der Waals surface area (Å²) < 4.78 is 17.2. The molecule has 0 saturated heterocycles. The third-order valence-electron chi connectivity index (χ3n) is 10.3. The van der Waals surface area contributed by atoms with Crippen LogP contribution in [0.2, 0.25) is 0 Å². The van der Waals surface area contributed by atoms with Crippen LogP contribution in [-0.4, -0.2) is 82.8 Å². The van der Waals surface area contributed by atoms with Crippen molar-refractivity contribution < 1.29 is 39.4 Å². The standard InChI is InChI=1S/C41H80O8/c1-4-6-8-10-11-12-13-14-15-16-19-22-26-30-36(42)49-35(33-48-41-39(45)37(43)38(44)40(41)46)32-47-31-27-23-20-17-18-21-25-29-34(3)28-24-9-7-5-2/h34-35,37-41,43-46H,4-33H2,1-3H3. The lowest BCUT2D eigenvalue weighted by molar-refractivity contribution is -0.163. The van der Waals surface area contributed by atoms with E-state index in [1.807, 2.05) is 0 Å². The highest BCUT2D eigenvalue weighted by atomic mass is 16.6. The summed E-state index contributed by atoms with van der Waals surface area (Å²) in [6.07, 6.45) is 25.4. The Morgan fingerprint density at radius 1 is 0.531 bits per heavy atom. The molecule has 0 aromatic rings. The number of ether oxygens (including phenoxy) is 3. The van der Waals surface area contributed by atoms with Crippen molar-refractivity contribution in [2.75, 3.05) is 19.8 Å². The highest BCUT2D eigenvalue weighted by molar-refractivity contribution is 5.69. The number of carbonyl (C=O) groups is 1. The molecule has 8 heteroatoms. The van der Waals surface area contributed by atoms with E-state index in [4.69, 9.17) is 14.2 Å². The van der Waals surface area contributed by atoms with Crippen LogP contribution in [0.5, 0.6) is 0 Å². The number of hydrogen-bond donors (Lipinski definition) is 4. The topological polar surface area (TPSA) is 126 Å². The number of carbonyl (C=O) groups excluding carboxylic acids is 1. The normalized spacial score (nSPS) is 22.1. The van der Waals surface area contributed by atoms with Crippen molar-refractivity contribution in [3.05, 3.63) is 0 Å². The van der Waals surface area contributed by atoms with E-state index in [9.17, 15) is 25.2 Å². The second-order valence-corrected chi connectivity index (χ2v) is 15.2. The molecule has 0 aliphatic heterocycles. The lowest BCUT2D eigenvalue weighted by Gasteiger charge is -2.24. The van der Waals surface area contributed by atoms with Gasteiger partial charge in [-0.2, -0.15) is 0 Å². The molecule has 0 heterocycles. The minimum Gasteiger partial charge on any atom is -0.457 e. The van der Waals surface area contributed by atoms with Gasteiger partial charge in [-0.15, -0.1) is 0 Å². The number of esters is 1. The monoisotopic (exact) mass is 701 g/mol. The van der Waals surface area contributed by atoms with Gasteiger partial charge in [0.25, 0.3) is 0 Å². The first-order valence-corrected chi connectivity index (χ1v) is 20.9. The number of rotatable bonds is 35. The average Bonchev–Trinajstić information content (AvgIpc) is 3.27. The molecule has 4 N–H and O–H groups in total. The molecule has 1 aliphatic rings. The Labute approximate surface area is 301 Å². The molecule has 49 heavy (non-hydrogen) atoms. The fourth-order valence-electron chi connectivity index (χ4n) is 6.92. The summed E-state index contributed by atoms with van der Waals surface area (Å²) in [6.45, 7) is 7.55. The molecule has 8 nitrogen and oxygen atoms in total. The number of unbranched alkanes of at least 4 members (excludes halogenated alkanes) is 21. The first-order chi connectivity index (χ1) is 23.8. The van der Waals surface area contributed by atoms with E-state index in [-0.39, 0.29) is 19.2 Å². The van der Waals surface area contributed by atoms with Crippen LogP contribution < -0.4 is 0 Å². The second-order valence-electron chi connectivity index (χ2n) is 15.2. The summed E-state index contributed by atoms with van der Waals surface area (Å²) in [7, 11) is 0. The minimum atomic E-state index is -1.49. The van der Waals surface area contributed by atoms with Gasteiger partial charge in [-0.25, -0.2) is 0 Å². The van der Waals surface area contributed by atoms with Crippen molar-refractivity contribution in [1.82, 2.24) is 0 Å². The van der Waals surface area contributed by atoms with Gasteiger partial charge >= 0.3 is 5.97 Å². The van der Waals surface area contributed by atoms with E-state index in [2.05, 4.69) is 20.8 Å². The molecular formula is C41H80O8. The van der Waals surface area contributed by atoms with Gasteiger partial charge in [0.05, 0.1) is 13.2 Å². The highest BCUT2D eigenvalue weighted by Crippen LogP contribution is 2.25. The van der Waals surface area contributed by atoms with Crippen LogP contribution in [0.1, 0.15) is 194 Å². The summed E-state index contributed by atoms with van der Waals surface area (Å²) in [5.41, 5.74) is 0. The van der Waals surface area contributed by atoms with Crippen LogP contribution in [0.4, 0.5) is 0 Å². The maximum Gasteiger partial charge on any atom is 0.306 e. The Morgan fingerprint density at radius 3 is 1.43 bits per heavy atom. The van der Waals surface area contributed by atoms with Crippen molar-refractivity contribution in [3.8, 4) is 0 Å². The Hall–Kier alpha value is -0.770. The fourth-order valence-corrected chi connectivity index (χ4v) is 6.92. The molecular weight excluding hydrogens is 620 g/mol. The third kappa shape index (κ3) is 24.2. The van der Waals surface area contributed by atoms with E-state index in [0.29, 0.717) is 13.0 Å². The maximum absolute atomic E-state index is 12.7. The molecule has 0 aromatic heterocycles. The van der Waals surface area contributed by atoms with Crippen LogP contribution in [-0.2, 0) is 19.0 Å². The van der Waals surface area contributed by atoms with Gasteiger partial charge in [0, 0.05) is 13.0 Å². The minimum absolute atomic E-state index is 0.0973. The molecule has 6 unspecified atom stereocenters. The molecule has 1 aliphatic carbocycles. The summed E-state index contributed by atoms with van der Waals surface area (Å²) >= 11 is 0. The largest absolute Gasteiger partial charge is 0.457 e. The Morgan fingerprint density at radius 2 is 0.939 bits per heavy atom. The van der Waals surface area contributed by atoms with Gasteiger partial charge < -0.3 is 34.6 Å².